The Morgan fingerprint density at radius 2 is 2.33 bits per heavy atom. The van der Waals surface area contributed by atoms with Gasteiger partial charge in [-0.1, -0.05) is 0 Å². The monoisotopic (exact) mass is 247 g/mol. The summed E-state index contributed by atoms with van der Waals surface area (Å²) < 4.78 is 5.18. The highest BCUT2D eigenvalue weighted by Crippen LogP contribution is 2.26. The number of hydrogen-bond donors (Lipinski definition) is 1. The first-order chi connectivity index (χ1) is 8.85. The van der Waals surface area contributed by atoms with Gasteiger partial charge in [-0.3, -0.25) is 4.98 Å². The maximum Gasteiger partial charge on any atom is 0.0728 e. The number of nitrogens with zero attached hydrogens (tertiary/aromatic N) is 2. The molecule has 2 atom stereocenters. The summed E-state index contributed by atoms with van der Waals surface area (Å²) >= 11 is 0. The molecule has 1 aromatic heterocycles. The van der Waals surface area contributed by atoms with Gasteiger partial charge in [-0.25, -0.2) is 0 Å². The minimum Gasteiger partial charge on any atom is -0.380 e. The van der Waals surface area contributed by atoms with Gasteiger partial charge in [0.05, 0.1) is 18.5 Å². The molecule has 4 heterocycles. The molecule has 3 saturated heterocycles. The molecule has 0 spiro atoms. The SMILES string of the molecule is COCc1cncc(N2CC3CCC(C2)NC3)c1. The lowest BCUT2D eigenvalue weighted by Gasteiger charge is -2.24. The number of fused-ring (bicyclic) bond motifs is 4. The van der Waals surface area contributed by atoms with Crippen LogP contribution in [0.3, 0.4) is 0 Å². The van der Waals surface area contributed by atoms with Crippen molar-refractivity contribution in [3.05, 3.63) is 24.0 Å². The second kappa shape index (κ2) is 5.24. The number of pyridine rings is 1. The van der Waals surface area contributed by atoms with E-state index >= 15 is 0 Å². The smallest absolute Gasteiger partial charge is 0.0728 e. The van der Waals surface area contributed by atoms with E-state index in [4.69, 9.17) is 4.74 Å². The van der Waals surface area contributed by atoms with Crippen LogP contribution in [0, 0.1) is 5.92 Å². The quantitative estimate of drug-likeness (QED) is 0.876. The van der Waals surface area contributed by atoms with E-state index in [1.54, 1.807) is 7.11 Å². The molecule has 1 aromatic rings. The Balaban J connectivity index is 1.79. The fraction of sp³-hybridized carbons (Fsp3) is 0.643. The molecule has 18 heavy (non-hydrogen) atoms. The molecule has 0 aliphatic carbocycles. The van der Waals surface area contributed by atoms with Gasteiger partial charge in [0.2, 0.25) is 0 Å². The Morgan fingerprint density at radius 3 is 3.11 bits per heavy atom. The summed E-state index contributed by atoms with van der Waals surface area (Å²) in [5.74, 6) is 0.787. The third kappa shape index (κ3) is 2.49. The summed E-state index contributed by atoms with van der Waals surface area (Å²) in [6, 6.07) is 2.86. The minimum atomic E-state index is 0.639. The van der Waals surface area contributed by atoms with Crippen molar-refractivity contribution in [1.29, 1.82) is 0 Å². The van der Waals surface area contributed by atoms with Gasteiger partial charge < -0.3 is 15.0 Å². The number of aromatic nitrogens is 1. The number of hydrogen-bond acceptors (Lipinski definition) is 4. The first kappa shape index (κ1) is 11.9. The first-order valence-electron chi connectivity index (χ1n) is 6.76. The van der Waals surface area contributed by atoms with Crippen molar-refractivity contribution in [2.24, 2.45) is 5.92 Å². The highest BCUT2D eigenvalue weighted by Gasteiger charge is 2.29. The van der Waals surface area contributed by atoms with E-state index in [2.05, 4.69) is 21.3 Å². The Kier molecular flexibility index (Phi) is 3.48. The van der Waals surface area contributed by atoms with E-state index in [0.29, 0.717) is 12.6 Å². The van der Waals surface area contributed by atoms with Crippen LogP contribution >= 0.6 is 0 Å². The number of piperidine rings is 1. The maximum absolute atomic E-state index is 5.18. The van der Waals surface area contributed by atoms with Gasteiger partial charge in [0.1, 0.15) is 0 Å². The van der Waals surface area contributed by atoms with Crippen molar-refractivity contribution in [3.63, 3.8) is 0 Å². The maximum atomic E-state index is 5.18. The van der Waals surface area contributed by atoms with Crippen LogP contribution in [0.5, 0.6) is 0 Å². The third-order valence-corrected chi connectivity index (χ3v) is 3.99. The van der Waals surface area contributed by atoms with Crippen LogP contribution in [-0.4, -0.2) is 37.8 Å². The van der Waals surface area contributed by atoms with Crippen LogP contribution in [0.15, 0.2) is 18.5 Å². The third-order valence-electron chi connectivity index (χ3n) is 3.99. The van der Waals surface area contributed by atoms with Crippen molar-refractivity contribution < 1.29 is 4.74 Å². The molecule has 98 valence electrons. The summed E-state index contributed by atoms with van der Waals surface area (Å²) in [4.78, 5) is 6.82. The normalized spacial score (nSPS) is 27.3. The molecular formula is C14H21N3O. The van der Waals surface area contributed by atoms with Crippen LogP contribution in [0.2, 0.25) is 0 Å². The van der Waals surface area contributed by atoms with Gasteiger partial charge in [0.25, 0.3) is 0 Å². The standard InChI is InChI=1S/C14H21N3O/c1-18-10-12-4-14(7-15-5-12)17-8-11-2-3-13(9-17)16-6-11/h4-5,7,11,13,16H,2-3,6,8-10H2,1H3. The number of rotatable bonds is 3. The highest BCUT2D eigenvalue weighted by molar-refractivity contribution is 5.46. The lowest BCUT2D eigenvalue weighted by atomic mass is 9.97. The van der Waals surface area contributed by atoms with Crippen molar-refractivity contribution in [2.75, 3.05) is 31.6 Å². The molecule has 4 nitrogen and oxygen atoms in total. The summed E-state index contributed by atoms with van der Waals surface area (Å²) in [5, 5.41) is 3.63. The molecule has 2 unspecified atom stereocenters. The molecule has 1 N–H and O–H groups in total. The van der Waals surface area contributed by atoms with E-state index in [1.165, 1.54) is 25.1 Å². The van der Waals surface area contributed by atoms with Gasteiger partial charge in [-0.05, 0) is 36.9 Å². The van der Waals surface area contributed by atoms with E-state index in [9.17, 15) is 0 Å². The van der Waals surface area contributed by atoms with E-state index in [-0.39, 0.29) is 0 Å². The van der Waals surface area contributed by atoms with Gasteiger partial charge in [0, 0.05) is 32.4 Å². The van der Waals surface area contributed by atoms with Crippen LogP contribution in [-0.2, 0) is 11.3 Å². The van der Waals surface area contributed by atoms with Gasteiger partial charge in [-0.2, -0.15) is 0 Å². The summed E-state index contributed by atoms with van der Waals surface area (Å²) in [7, 11) is 1.72. The number of methoxy groups -OCH3 is 1. The molecule has 3 fully saturated rings. The Hall–Kier alpha value is -1.13. The molecule has 3 aliphatic rings. The average molecular weight is 247 g/mol. The second-order valence-electron chi connectivity index (χ2n) is 5.44. The fourth-order valence-electron chi connectivity index (χ4n) is 3.04. The predicted octanol–water partition coefficient (Wildman–Crippen LogP) is 1.42. The fourth-order valence-corrected chi connectivity index (χ4v) is 3.04. The van der Waals surface area contributed by atoms with Crippen LogP contribution in [0.25, 0.3) is 0 Å². The zero-order valence-corrected chi connectivity index (χ0v) is 10.9. The average Bonchev–Trinajstić information content (AvgIpc) is 2.73. The van der Waals surface area contributed by atoms with Crippen molar-refractivity contribution in [1.82, 2.24) is 10.3 Å². The Bertz CT molecular complexity index is 388. The van der Waals surface area contributed by atoms with Crippen LogP contribution in [0.1, 0.15) is 18.4 Å². The largest absolute Gasteiger partial charge is 0.380 e. The molecule has 0 aromatic carbocycles. The Morgan fingerprint density at radius 1 is 1.39 bits per heavy atom. The molecule has 4 rings (SSSR count). The van der Waals surface area contributed by atoms with Crippen LogP contribution in [0.4, 0.5) is 5.69 Å². The van der Waals surface area contributed by atoms with Crippen LogP contribution < -0.4 is 10.2 Å². The zero-order chi connectivity index (χ0) is 12.4. The summed E-state index contributed by atoms with van der Waals surface area (Å²) in [6.45, 7) is 4.07. The van der Waals surface area contributed by atoms with Gasteiger partial charge in [-0.15, -0.1) is 0 Å². The lowest BCUT2D eigenvalue weighted by Crippen LogP contribution is -2.39. The number of nitrogens with one attached hydrogen (secondary N) is 1. The summed E-state index contributed by atoms with van der Waals surface area (Å²) in [6.07, 6.45) is 6.54. The Labute approximate surface area is 108 Å². The molecule has 0 amide bonds. The first-order valence-corrected chi connectivity index (χ1v) is 6.76. The number of ether oxygens (including phenoxy) is 1. The molecule has 0 saturated carbocycles. The predicted molar refractivity (Wildman–Crippen MR) is 71.7 cm³/mol. The second-order valence-corrected chi connectivity index (χ2v) is 5.44. The van der Waals surface area contributed by atoms with Crippen molar-refractivity contribution >= 4 is 5.69 Å². The van der Waals surface area contributed by atoms with Gasteiger partial charge >= 0.3 is 0 Å². The van der Waals surface area contributed by atoms with Crippen molar-refractivity contribution in [3.8, 4) is 0 Å². The highest BCUT2D eigenvalue weighted by atomic mass is 16.5. The molecule has 0 radical (unpaired) electrons. The molecule has 3 aliphatic heterocycles. The molecule has 2 bridgehead atoms. The zero-order valence-electron chi connectivity index (χ0n) is 10.9. The number of anilines is 1. The molecular weight excluding hydrogens is 226 g/mol. The van der Waals surface area contributed by atoms with Gasteiger partial charge in [0.15, 0.2) is 0 Å². The lowest BCUT2D eigenvalue weighted by molar-refractivity contribution is 0.184. The van der Waals surface area contributed by atoms with Crippen molar-refractivity contribution in [2.45, 2.75) is 25.5 Å². The van der Waals surface area contributed by atoms with E-state index in [1.807, 2.05) is 12.4 Å². The van der Waals surface area contributed by atoms with E-state index < -0.39 is 0 Å². The minimum absolute atomic E-state index is 0.639. The molecule has 4 heteroatoms. The topological polar surface area (TPSA) is 37.4 Å². The van der Waals surface area contributed by atoms with E-state index in [0.717, 1.165) is 24.6 Å². The summed E-state index contributed by atoms with van der Waals surface area (Å²) in [5.41, 5.74) is 2.39.